The lowest BCUT2D eigenvalue weighted by atomic mass is 10.1. The van der Waals surface area contributed by atoms with Crippen molar-refractivity contribution in [2.24, 2.45) is 0 Å². The zero-order chi connectivity index (χ0) is 15.1. The first kappa shape index (κ1) is 16.6. The molecule has 0 aliphatic heterocycles. The number of non-ortho nitro benzene ring substituents is 1. The summed E-state index contributed by atoms with van der Waals surface area (Å²) in [6.45, 7) is 2.75. The minimum absolute atomic E-state index is 0.0760. The van der Waals surface area contributed by atoms with Crippen molar-refractivity contribution in [2.45, 2.75) is 18.2 Å². The van der Waals surface area contributed by atoms with Crippen molar-refractivity contribution in [1.82, 2.24) is 5.32 Å². The zero-order valence-electron chi connectivity index (χ0n) is 11.4. The SMILES string of the molecule is COCC(Br)CCNC(=O)c1cc(C)cc([N+](=O)[O-])c1. The van der Waals surface area contributed by atoms with Crippen molar-refractivity contribution in [3.05, 3.63) is 39.4 Å². The molecule has 1 atom stereocenters. The first-order chi connectivity index (χ1) is 9.43. The molecule has 1 unspecified atom stereocenters. The zero-order valence-corrected chi connectivity index (χ0v) is 13.0. The number of halogens is 1. The van der Waals surface area contributed by atoms with Crippen molar-refractivity contribution in [2.75, 3.05) is 20.3 Å². The summed E-state index contributed by atoms with van der Waals surface area (Å²) in [7, 11) is 1.61. The maximum absolute atomic E-state index is 11.9. The van der Waals surface area contributed by atoms with E-state index in [1.807, 2.05) is 0 Å². The molecule has 1 rings (SSSR count). The van der Waals surface area contributed by atoms with Crippen LogP contribution in [-0.2, 0) is 4.74 Å². The van der Waals surface area contributed by atoms with Gasteiger partial charge in [-0.3, -0.25) is 14.9 Å². The van der Waals surface area contributed by atoms with Crippen molar-refractivity contribution in [3.8, 4) is 0 Å². The van der Waals surface area contributed by atoms with Gasteiger partial charge in [0.2, 0.25) is 0 Å². The van der Waals surface area contributed by atoms with Gasteiger partial charge in [0, 0.05) is 36.2 Å². The Hall–Kier alpha value is -1.47. The lowest BCUT2D eigenvalue weighted by molar-refractivity contribution is -0.384. The van der Waals surface area contributed by atoms with E-state index in [9.17, 15) is 14.9 Å². The summed E-state index contributed by atoms with van der Waals surface area (Å²) in [5.41, 5.74) is 0.907. The van der Waals surface area contributed by atoms with Crippen LogP contribution in [0.2, 0.25) is 0 Å². The topological polar surface area (TPSA) is 81.5 Å². The molecule has 7 heteroatoms. The first-order valence-corrected chi connectivity index (χ1v) is 7.03. The summed E-state index contributed by atoms with van der Waals surface area (Å²) >= 11 is 3.42. The number of hydrogen-bond acceptors (Lipinski definition) is 4. The molecule has 0 heterocycles. The quantitative estimate of drug-likeness (QED) is 0.468. The smallest absolute Gasteiger partial charge is 0.270 e. The summed E-state index contributed by atoms with van der Waals surface area (Å²) in [6.07, 6.45) is 0.716. The second-order valence-electron chi connectivity index (χ2n) is 4.41. The highest BCUT2D eigenvalue weighted by molar-refractivity contribution is 9.09. The van der Waals surface area contributed by atoms with Crippen LogP contribution in [0, 0.1) is 17.0 Å². The Balaban J connectivity index is 2.61. The Morgan fingerprint density at radius 2 is 2.20 bits per heavy atom. The molecule has 0 aromatic heterocycles. The molecule has 1 aromatic rings. The number of aryl methyl sites for hydroxylation is 1. The number of hydrogen-bond donors (Lipinski definition) is 1. The molecule has 0 bridgehead atoms. The van der Waals surface area contributed by atoms with Gasteiger partial charge in [0.05, 0.1) is 11.5 Å². The van der Waals surface area contributed by atoms with Crippen molar-refractivity contribution in [1.29, 1.82) is 0 Å². The van der Waals surface area contributed by atoms with Gasteiger partial charge >= 0.3 is 0 Å². The summed E-state index contributed by atoms with van der Waals surface area (Å²) < 4.78 is 4.97. The van der Waals surface area contributed by atoms with Crippen LogP contribution in [-0.4, -0.2) is 35.9 Å². The van der Waals surface area contributed by atoms with E-state index in [1.165, 1.54) is 12.1 Å². The Bertz CT molecular complexity index is 493. The van der Waals surface area contributed by atoms with Gasteiger partial charge in [-0.05, 0) is 25.0 Å². The Morgan fingerprint density at radius 3 is 2.80 bits per heavy atom. The molecule has 1 aromatic carbocycles. The second-order valence-corrected chi connectivity index (χ2v) is 5.71. The highest BCUT2D eigenvalue weighted by Gasteiger charge is 2.13. The Kier molecular flexibility index (Phi) is 6.60. The molecule has 20 heavy (non-hydrogen) atoms. The Labute approximate surface area is 125 Å². The molecule has 0 aliphatic carbocycles. The number of nitro benzene ring substituents is 1. The van der Waals surface area contributed by atoms with E-state index in [-0.39, 0.29) is 16.4 Å². The van der Waals surface area contributed by atoms with Gasteiger partial charge in [0.1, 0.15) is 0 Å². The van der Waals surface area contributed by atoms with E-state index in [0.29, 0.717) is 30.7 Å². The normalized spacial score (nSPS) is 11.9. The number of methoxy groups -OCH3 is 1. The molecule has 0 saturated carbocycles. The average Bonchev–Trinajstić information content (AvgIpc) is 2.38. The van der Waals surface area contributed by atoms with Gasteiger partial charge in [-0.2, -0.15) is 0 Å². The second kappa shape index (κ2) is 7.96. The van der Waals surface area contributed by atoms with Crippen LogP contribution in [0.15, 0.2) is 18.2 Å². The number of nitrogens with zero attached hydrogens (tertiary/aromatic N) is 1. The molecule has 0 aliphatic rings. The fourth-order valence-corrected chi connectivity index (χ4v) is 2.20. The number of carbonyl (C=O) groups excluding carboxylic acids is 1. The fourth-order valence-electron chi connectivity index (χ4n) is 1.71. The van der Waals surface area contributed by atoms with Crippen LogP contribution >= 0.6 is 15.9 Å². The standard InChI is InChI=1S/C13H17BrN2O4/c1-9-5-10(7-12(6-9)16(18)19)13(17)15-4-3-11(14)8-20-2/h5-7,11H,3-4,8H2,1-2H3,(H,15,17). The summed E-state index contributed by atoms with van der Waals surface area (Å²) in [5.74, 6) is -0.311. The lowest BCUT2D eigenvalue weighted by Crippen LogP contribution is -2.27. The van der Waals surface area contributed by atoms with E-state index < -0.39 is 4.92 Å². The summed E-state index contributed by atoms with van der Waals surface area (Å²) in [5, 5.41) is 13.5. The van der Waals surface area contributed by atoms with Gasteiger partial charge in [0.25, 0.3) is 11.6 Å². The molecule has 1 N–H and O–H groups in total. The fraction of sp³-hybridized carbons (Fsp3) is 0.462. The third-order valence-electron chi connectivity index (χ3n) is 2.63. The van der Waals surface area contributed by atoms with Gasteiger partial charge in [-0.15, -0.1) is 0 Å². The van der Waals surface area contributed by atoms with Gasteiger partial charge in [-0.25, -0.2) is 0 Å². The summed E-state index contributed by atoms with van der Waals surface area (Å²) in [6, 6.07) is 4.34. The minimum Gasteiger partial charge on any atom is -0.384 e. The average molecular weight is 345 g/mol. The molecule has 110 valence electrons. The van der Waals surface area contributed by atoms with Crippen molar-refractivity contribution < 1.29 is 14.5 Å². The highest BCUT2D eigenvalue weighted by atomic mass is 79.9. The molecule has 0 spiro atoms. The molecule has 6 nitrogen and oxygen atoms in total. The van der Waals surface area contributed by atoms with Crippen LogP contribution in [0.3, 0.4) is 0 Å². The third kappa shape index (κ3) is 5.26. The third-order valence-corrected chi connectivity index (χ3v) is 3.35. The molecule has 1 amide bonds. The number of nitro groups is 1. The van der Waals surface area contributed by atoms with Gasteiger partial charge < -0.3 is 10.1 Å². The molecule has 0 radical (unpaired) electrons. The maximum Gasteiger partial charge on any atom is 0.270 e. The maximum atomic E-state index is 11.9. The van der Waals surface area contributed by atoms with Gasteiger partial charge in [0.15, 0.2) is 0 Å². The van der Waals surface area contributed by atoms with E-state index >= 15 is 0 Å². The number of rotatable bonds is 7. The number of carbonyl (C=O) groups is 1. The molecular formula is C13H17BrN2O4. The van der Waals surface area contributed by atoms with E-state index in [0.717, 1.165) is 0 Å². The predicted molar refractivity (Wildman–Crippen MR) is 79.4 cm³/mol. The van der Waals surface area contributed by atoms with Crippen LogP contribution in [0.25, 0.3) is 0 Å². The van der Waals surface area contributed by atoms with E-state index in [4.69, 9.17) is 4.74 Å². The van der Waals surface area contributed by atoms with E-state index in [1.54, 1.807) is 20.1 Å². The van der Waals surface area contributed by atoms with Gasteiger partial charge in [-0.1, -0.05) is 15.9 Å². The summed E-state index contributed by atoms with van der Waals surface area (Å²) in [4.78, 5) is 22.4. The van der Waals surface area contributed by atoms with Crippen LogP contribution < -0.4 is 5.32 Å². The number of ether oxygens (including phenoxy) is 1. The van der Waals surface area contributed by atoms with Crippen molar-refractivity contribution >= 4 is 27.5 Å². The number of nitrogens with one attached hydrogen (secondary N) is 1. The molecular weight excluding hydrogens is 328 g/mol. The number of benzene rings is 1. The first-order valence-electron chi connectivity index (χ1n) is 6.11. The molecule has 0 fully saturated rings. The number of alkyl halides is 1. The molecule has 0 saturated heterocycles. The number of amides is 1. The van der Waals surface area contributed by atoms with Crippen molar-refractivity contribution in [3.63, 3.8) is 0 Å². The van der Waals surface area contributed by atoms with E-state index in [2.05, 4.69) is 21.2 Å². The minimum atomic E-state index is -0.503. The largest absolute Gasteiger partial charge is 0.384 e. The van der Waals surface area contributed by atoms with Crippen LogP contribution in [0.4, 0.5) is 5.69 Å². The highest BCUT2D eigenvalue weighted by Crippen LogP contribution is 2.16. The monoisotopic (exact) mass is 344 g/mol. The van der Waals surface area contributed by atoms with Crippen LogP contribution in [0.5, 0.6) is 0 Å². The predicted octanol–water partition coefficient (Wildman–Crippen LogP) is 2.43. The lowest BCUT2D eigenvalue weighted by Gasteiger charge is -2.09. The Morgan fingerprint density at radius 1 is 1.50 bits per heavy atom. The van der Waals surface area contributed by atoms with Crippen LogP contribution in [0.1, 0.15) is 22.3 Å².